The predicted octanol–water partition coefficient (Wildman–Crippen LogP) is 4.17. The lowest BCUT2D eigenvalue weighted by Crippen LogP contribution is -2.04. The van der Waals surface area contributed by atoms with Crippen molar-refractivity contribution in [3.05, 3.63) is 70.2 Å². The summed E-state index contributed by atoms with van der Waals surface area (Å²) in [6.07, 6.45) is 1.73. The molecule has 92 valence electrons. The Balaban J connectivity index is 2.16. The lowest BCUT2D eigenvalue weighted by Gasteiger charge is -2.11. The van der Waals surface area contributed by atoms with E-state index >= 15 is 0 Å². The third kappa shape index (κ3) is 3.21. The van der Waals surface area contributed by atoms with Crippen LogP contribution in [0.2, 0.25) is 5.02 Å². The summed E-state index contributed by atoms with van der Waals surface area (Å²) in [6.45, 7) is 2.04. The van der Waals surface area contributed by atoms with Crippen LogP contribution in [0.25, 0.3) is 0 Å². The molecule has 0 spiro atoms. The number of aryl methyl sites for hydroxylation is 1. The van der Waals surface area contributed by atoms with Gasteiger partial charge in [-0.05, 0) is 36.6 Å². The van der Waals surface area contributed by atoms with E-state index in [9.17, 15) is 4.79 Å². The highest BCUT2D eigenvalue weighted by molar-refractivity contribution is 6.30. The molecule has 2 aromatic rings. The first kappa shape index (κ1) is 12.8. The maximum atomic E-state index is 11.2. The Hall–Kier alpha value is -1.60. The first-order valence-corrected chi connectivity index (χ1v) is 6.33. The van der Waals surface area contributed by atoms with Gasteiger partial charge >= 0.3 is 0 Å². The standard InChI is InChI=1S/C16H15ClO/c1-12-2-6-14(7-3-12)15(11-18)10-13-4-8-16(17)9-5-13/h2-9,11,15H,10H2,1H3. The van der Waals surface area contributed by atoms with Crippen LogP contribution in [0.3, 0.4) is 0 Å². The van der Waals surface area contributed by atoms with E-state index in [1.165, 1.54) is 5.56 Å². The third-order valence-corrected chi connectivity index (χ3v) is 3.29. The summed E-state index contributed by atoms with van der Waals surface area (Å²) in [5, 5.41) is 0.719. The molecule has 0 aliphatic heterocycles. The molecule has 1 atom stereocenters. The maximum Gasteiger partial charge on any atom is 0.127 e. The molecule has 0 N–H and O–H groups in total. The molecule has 0 fully saturated rings. The van der Waals surface area contributed by atoms with Crippen molar-refractivity contribution in [2.24, 2.45) is 0 Å². The smallest absolute Gasteiger partial charge is 0.127 e. The summed E-state index contributed by atoms with van der Waals surface area (Å²) in [6, 6.07) is 15.7. The number of aldehydes is 1. The lowest BCUT2D eigenvalue weighted by atomic mass is 9.93. The van der Waals surface area contributed by atoms with Crippen molar-refractivity contribution < 1.29 is 4.79 Å². The zero-order valence-electron chi connectivity index (χ0n) is 10.3. The number of carbonyl (C=O) groups is 1. The van der Waals surface area contributed by atoms with E-state index in [2.05, 4.69) is 0 Å². The van der Waals surface area contributed by atoms with Crippen molar-refractivity contribution >= 4 is 17.9 Å². The minimum atomic E-state index is -0.0909. The van der Waals surface area contributed by atoms with Gasteiger partial charge in [0.1, 0.15) is 6.29 Å². The molecular weight excluding hydrogens is 244 g/mol. The van der Waals surface area contributed by atoms with Crippen molar-refractivity contribution in [1.82, 2.24) is 0 Å². The Labute approximate surface area is 112 Å². The van der Waals surface area contributed by atoms with Crippen LogP contribution in [0.15, 0.2) is 48.5 Å². The molecule has 0 saturated carbocycles. The van der Waals surface area contributed by atoms with Crippen LogP contribution >= 0.6 is 11.6 Å². The second-order valence-electron chi connectivity index (χ2n) is 4.48. The highest BCUT2D eigenvalue weighted by atomic mass is 35.5. The van der Waals surface area contributed by atoms with E-state index < -0.39 is 0 Å². The van der Waals surface area contributed by atoms with E-state index in [0.29, 0.717) is 6.42 Å². The number of carbonyl (C=O) groups excluding carboxylic acids is 1. The van der Waals surface area contributed by atoms with Crippen LogP contribution in [0.1, 0.15) is 22.6 Å². The molecule has 1 nitrogen and oxygen atoms in total. The largest absolute Gasteiger partial charge is 0.303 e. The second kappa shape index (κ2) is 5.83. The Bertz CT molecular complexity index is 514. The quantitative estimate of drug-likeness (QED) is 0.752. The van der Waals surface area contributed by atoms with E-state index in [0.717, 1.165) is 22.4 Å². The average Bonchev–Trinajstić information content (AvgIpc) is 2.39. The summed E-state index contributed by atoms with van der Waals surface area (Å²) in [5.74, 6) is -0.0909. The van der Waals surface area contributed by atoms with Crippen LogP contribution in [0.5, 0.6) is 0 Å². The monoisotopic (exact) mass is 258 g/mol. The Kier molecular flexibility index (Phi) is 4.16. The highest BCUT2D eigenvalue weighted by Crippen LogP contribution is 2.20. The molecule has 0 amide bonds. The molecule has 0 saturated heterocycles. The van der Waals surface area contributed by atoms with Gasteiger partial charge in [0.05, 0.1) is 0 Å². The van der Waals surface area contributed by atoms with Gasteiger partial charge < -0.3 is 4.79 Å². The van der Waals surface area contributed by atoms with E-state index in [4.69, 9.17) is 11.6 Å². The van der Waals surface area contributed by atoms with Crippen LogP contribution < -0.4 is 0 Å². The van der Waals surface area contributed by atoms with Crippen LogP contribution in [0.4, 0.5) is 0 Å². The first-order chi connectivity index (χ1) is 8.69. The number of benzene rings is 2. The first-order valence-electron chi connectivity index (χ1n) is 5.95. The highest BCUT2D eigenvalue weighted by Gasteiger charge is 2.11. The minimum Gasteiger partial charge on any atom is -0.303 e. The molecule has 0 heterocycles. The normalized spacial score (nSPS) is 12.1. The molecule has 0 bridgehead atoms. The minimum absolute atomic E-state index is 0.0909. The van der Waals surface area contributed by atoms with Crippen molar-refractivity contribution in [3.63, 3.8) is 0 Å². The fourth-order valence-corrected chi connectivity index (χ4v) is 2.06. The van der Waals surface area contributed by atoms with Crippen LogP contribution in [-0.4, -0.2) is 6.29 Å². The summed E-state index contributed by atoms with van der Waals surface area (Å²) in [4.78, 5) is 11.2. The Morgan fingerprint density at radius 2 is 1.67 bits per heavy atom. The lowest BCUT2D eigenvalue weighted by molar-refractivity contribution is -0.109. The average molecular weight is 259 g/mol. The van der Waals surface area contributed by atoms with Gasteiger partial charge in [-0.3, -0.25) is 0 Å². The molecule has 0 radical (unpaired) electrons. The van der Waals surface area contributed by atoms with E-state index in [1.54, 1.807) is 0 Å². The van der Waals surface area contributed by atoms with Crippen LogP contribution in [0, 0.1) is 6.92 Å². The summed E-state index contributed by atoms with van der Waals surface area (Å²) in [5.41, 5.74) is 3.39. The molecule has 0 aromatic heterocycles. The number of halogens is 1. The predicted molar refractivity (Wildman–Crippen MR) is 75.1 cm³/mol. The van der Waals surface area contributed by atoms with Gasteiger partial charge in [0, 0.05) is 10.9 Å². The van der Waals surface area contributed by atoms with E-state index in [1.807, 2.05) is 55.5 Å². The van der Waals surface area contributed by atoms with Crippen molar-refractivity contribution in [2.45, 2.75) is 19.3 Å². The molecule has 1 unspecified atom stereocenters. The Morgan fingerprint density at radius 1 is 1.06 bits per heavy atom. The zero-order valence-corrected chi connectivity index (χ0v) is 11.0. The fourth-order valence-electron chi connectivity index (χ4n) is 1.93. The summed E-state index contributed by atoms with van der Waals surface area (Å²) in [7, 11) is 0. The van der Waals surface area contributed by atoms with Gasteiger partial charge in [-0.2, -0.15) is 0 Å². The SMILES string of the molecule is Cc1ccc(C(C=O)Cc2ccc(Cl)cc2)cc1. The topological polar surface area (TPSA) is 17.1 Å². The van der Waals surface area contributed by atoms with Gasteiger partial charge in [-0.25, -0.2) is 0 Å². The molecule has 2 aromatic carbocycles. The molecule has 18 heavy (non-hydrogen) atoms. The number of rotatable bonds is 4. The molecule has 0 aliphatic carbocycles. The van der Waals surface area contributed by atoms with E-state index in [-0.39, 0.29) is 5.92 Å². The van der Waals surface area contributed by atoms with Gasteiger partial charge in [-0.15, -0.1) is 0 Å². The van der Waals surface area contributed by atoms with Crippen molar-refractivity contribution in [1.29, 1.82) is 0 Å². The summed E-state index contributed by atoms with van der Waals surface area (Å²) < 4.78 is 0. The molecule has 0 aliphatic rings. The second-order valence-corrected chi connectivity index (χ2v) is 4.92. The van der Waals surface area contributed by atoms with Crippen LogP contribution in [-0.2, 0) is 11.2 Å². The number of hydrogen-bond donors (Lipinski definition) is 0. The van der Waals surface area contributed by atoms with Gasteiger partial charge in [0.25, 0.3) is 0 Å². The number of hydrogen-bond acceptors (Lipinski definition) is 1. The molecule has 2 heteroatoms. The summed E-state index contributed by atoms with van der Waals surface area (Å²) >= 11 is 5.85. The maximum absolute atomic E-state index is 11.2. The molecular formula is C16H15ClO. The zero-order chi connectivity index (χ0) is 13.0. The van der Waals surface area contributed by atoms with Crippen molar-refractivity contribution in [2.75, 3.05) is 0 Å². The Morgan fingerprint density at radius 3 is 2.22 bits per heavy atom. The molecule has 2 rings (SSSR count). The third-order valence-electron chi connectivity index (χ3n) is 3.04. The fraction of sp³-hybridized carbons (Fsp3) is 0.188. The van der Waals surface area contributed by atoms with Crippen molar-refractivity contribution in [3.8, 4) is 0 Å². The van der Waals surface area contributed by atoms with Gasteiger partial charge in [0.15, 0.2) is 0 Å². The van der Waals surface area contributed by atoms with Gasteiger partial charge in [-0.1, -0.05) is 53.6 Å². The van der Waals surface area contributed by atoms with Gasteiger partial charge in [0.2, 0.25) is 0 Å².